The molecule has 1 aliphatic heterocycles. The van der Waals surface area contributed by atoms with Crippen molar-refractivity contribution in [1.29, 1.82) is 0 Å². The van der Waals surface area contributed by atoms with E-state index in [2.05, 4.69) is 5.32 Å². The molecule has 0 unspecified atom stereocenters. The largest absolute Gasteiger partial charge is 0.310 e. The third kappa shape index (κ3) is 2.83. The van der Waals surface area contributed by atoms with Crippen molar-refractivity contribution in [1.82, 2.24) is 9.62 Å². The highest BCUT2D eigenvalue weighted by Gasteiger charge is 2.29. The maximum atomic E-state index is 12.6. The molecule has 0 atom stereocenters. The molecule has 4 nitrogen and oxygen atoms in total. The van der Waals surface area contributed by atoms with E-state index in [4.69, 9.17) is 0 Å². The highest BCUT2D eigenvalue weighted by Crippen LogP contribution is 2.25. The van der Waals surface area contributed by atoms with E-state index >= 15 is 0 Å². The number of sulfonamides is 1. The van der Waals surface area contributed by atoms with Crippen LogP contribution in [0, 0.1) is 0 Å². The molecule has 0 radical (unpaired) electrons. The van der Waals surface area contributed by atoms with Crippen molar-refractivity contribution in [3.63, 3.8) is 0 Å². The number of nitrogens with one attached hydrogen (secondary N) is 1. The van der Waals surface area contributed by atoms with Gasteiger partial charge in [0.2, 0.25) is 10.0 Å². The van der Waals surface area contributed by atoms with Crippen LogP contribution in [0.1, 0.15) is 31.2 Å². The molecule has 0 bridgehead atoms. The minimum atomic E-state index is -3.30. The molecule has 3 rings (SSSR count). The average molecular weight is 280 g/mol. The molecule has 2 aliphatic rings. The van der Waals surface area contributed by atoms with Crippen molar-refractivity contribution in [3.05, 3.63) is 29.8 Å². The van der Waals surface area contributed by atoms with E-state index in [0.717, 1.165) is 18.4 Å². The molecule has 1 heterocycles. The third-order valence-electron chi connectivity index (χ3n) is 3.81. The summed E-state index contributed by atoms with van der Waals surface area (Å²) < 4.78 is 26.8. The van der Waals surface area contributed by atoms with Crippen molar-refractivity contribution in [3.8, 4) is 0 Å². The Morgan fingerprint density at radius 3 is 2.53 bits per heavy atom. The van der Waals surface area contributed by atoms with Crippen molar-refractivity contribution in [2.75, 3.05) is 13.1 Å². The first-order chi connectivity index (χ1) is 9.18. The van der Waals surface area contributed by atoms with Crippen LogP contribution >= 0.6 is 0 Å². The highest BCUT2D eigenvalue weighted by atomic mass is 32.2. The van der Waals surface area contributed by atoms with Crippen LogP contribution in [-0.4, -0.2) is 31.9 Å². The van der Waals surface area contributed by atoms with Crippen LogP contribution in [0.15, 0.2) is 29.2 Å². The van der Waals surface area contributed by atoms with Crippen LogP contribution in [0.4, 0.5) is 0 Å². The van der Waals surface area contributed by atoms with Crippen LogP contribution in [0.5, 0.6) is 0 Å². The molecule has 1 saturated heterocycles. The topological polar surface area (TPSA) is 49.4 Å². The lowest BCUT2D eigenvalue weighted by Gasteiger charge is -2.18. The first-order valence-electron chi connectivity index (χ1n) is 6.99. The fourth-order valence-electron chi connectivity index (χ4n) is 2.51. The molecule has 2 fully saturated rings. The van der Waals surface area contributed by atoms with E-state index in [0.29, 0.717) is 30.6 Å². The lowest BCUT2D eigenvalue weighted by atomic mass is 10.2. The zero-order valence-electron chi connectivity index (χ0n) is 11.0. The van der Waals surface area contributed by atoms with Crippen LogP contribution in [0.25, 0.3) is 0 Å². The van der Waals surface area contributed by atoms with Gasteiger partial charge in [-0.2, -0.15) is 4.31 Å². The quantitative estimate of drug-likeness (QED) is 0.893. The zero-order chi connectivity index (χ0) is 13.3. The molecular weight excluding hydrogens is 260 g/mol. The van der Waals surface area contributed by atoms with Gasteiger partial charge in [0.15, 0.2) is 0 Å². The van der Waals surface area contributed by atoms with Gasteiger partial charge in [0.05, 0.1) is 4.90 Å². The molecule has 0 aromatic heterocycles. The van der Waals surface area contributed by atoms with Gasteiger partial charge in [-0.1, -0.05) is 18.2 Å². The van der Waals surface area contributed by atoms with Gasteiger partial charge in [-0.05, 0) is 37.3 Å². The lowest BCUT2D eigenvalue weighted by Crippen LogP contribution is -2.29. The monoisotopic (exact) mass is 280 g/mol. The average Bonchev–Trinajstić information content (AvgIpc) is 3.07. The summed E-state index contributed by atoms with van der Waals surface area (Å²) >= 11 is 0. The summed E-state index contributed by atoms with van der Waals surface area (Å²) in [5.74, 6) is 0. The lowest BCUT2D eigenvalue weighted by molar-refractivity contribution is 0.476. The number of hydrogen-bond donors (Lipinski definition) is 1. The van der Waals surface area contributed by atoms with E-state index in [1.54, 1.807) is 10.4 Å². The fraction of sp³-hybridized carbons (Fsp3) is 0.571. The zero-order valence-corrected chi connectivity index (χ0v) is 11.8. The second-order valence-corrected chi connectivity index (χ2v) is 7.28. The normalized spacial score (nSPS) is 20.8. The maximum Gasteiger partial charge on any atom is 0.243 e. The number of hydrogen-bond acceptors (Lipinski definition) is 3. The second kappa shape index (κ2) is 5.23. The first-order valence-corrected chi connectivity index (χ1v) is 8.43. The SMILES string of the molecule is O=S(=O)(c1ccccc1CNC1CC1)N1CCCC1. The van der Waals surface area contributed by atoms with Crippen molar-refractivity contribution in [2.45, 2.75) is 43.2 Å². The molecule has 0 spiro atoms. The summed E-state index contributed by atoms with van der Waals surface area (Å²) in [5, 5.41) is 3.39. The predicted molar refractivity (Wildman–Crippen MR) is 74.3 cm³/mol. The second-order valence-electron chi connectivity index (χ2n) is 5.37. The van der Waals surface area contributed by atoms with E-state index in [9.17, 15) is 8.42 Å². The standard InChI is InChI=1S/C14H20N2O2S/c17-19(18,16-9-3-4-10-16)14-6-2-1-5-12(14)11-15-13-7-8-13/h1-2,5-6,13,15H,3-4,7-11H2. The summed E-state index contributed by atoms with van der Waals surface area (Å²) in [4.78, 5) is 0.477. The molecule has 1 saturated carbocycles. The summed E-state index contributed by atoms with van der Waals surface area (Å²) in [6, 6.07) is 7.95. The predicted octanol–water partition coefficient (Wildman–Crippen LogP) is 1.72. The van der Waals surface area contributed by atoms with Crippen LogP contribution < -0.4 is 5.32 Å². The van der Waals surface area contributed by atoms with Gasteiger partial charge in [-0.25, -0.2) is 8.42 Å². The molecule has 1 N–H and O–H groups in total. The highest BCUT2D eigenvalue weighted by molar-refractivity contribution is 7.89. The van der Waals surface area contributed by atoms with Crippen LogP contribution in [0.3, 0.4) is 0 Å². The summed E-state index contributed by atoms with van der Waals surface area (Å²) in [6.07, 6.45) is 4.37. The Hall–Kier alpha value is -0.910. The Morgan fingerprint density at radius 1 is 1.16 bits per heavy atom. The first kappa shape index (κ1) is 13.1. The van der Waals surface area contributed by atoms with Crippen molar-refractivity contribution < 1.29 is 8.42 Å². The van der Waals surface area contributed by atoms with Gasteiger partial charge >= 0.3 is 0 Å². The smallest absolute Gasteiger partial charge is 0.243 e. The minimum Gasteiger partial charge on any atom is -0.310 e. The fourth-order valence-corrected chi connectivity index (χ4v) is 4.25. The molecule has 1 aromatic rings. The Kier molecular flexibility index (Phi) is 3.60. The number of rotatable bonds is 5. The van der Waals surface area contributed by atoms with Crippen LogP contribution in [-0.2, 0) is 16.6 Å². The molecule has 19 heavy (non-hydrogen) atoms. The summed E-state index contributed by atoms with van der Waals surface area (Å²) in [6.45, 7) is 1.97. The Balaban J connectivity index is 1.85. The Labute approximate surface area is 114 Å². The molecular formula is C14H20N2O2S. The van der Waals surface area contributed by atoms with Gasteiger partial charge in [-0.3, -0.25) is 0 Å². The third-order valence-corrected chi connectivity index (χ3v) is 5.81. The summed E-state index contributed by atoms with van der Waals surface area (Å²) in [5.41, 5.74) is 0.890. The van der Waals surface area contributed by atoms with E-state index in [1.807, 2.05) is 18.2 Å². The maximum absolute atomic E-state index is 12.6. The Bertz CT molecular complexity index is 546. The molecule has 5 heteroatoms. The van der Waals surface area contributed by atoms with Gasteiger partial charge < -0.3 is 5.32 Å². The molecule has 1 aromatic carbocycles. The van der Waals surface area contributed by atoms with Crippen LogP contribution in [0.2, 0.25) is 0 Å². The van der Waals surface area contributed by atoms with Gasteiger partial charge in [0.25, 0.3) is 0 Å². The van der Waals surface area contributed by atoms with Crippen molar-refractivity contribution >= 4 is 10.0 Å². The van der Waals surface area contributed by atoms with E-state index < -0.39 is 10.0 Å². The number of nitrogens with zero attached hydrogens (tertiary/aromatic N) is 1. The van der Waals surface area contributed by atoms with Gasteiger partial charge in [-0.15, -0.1) is 0 Å². The van der Waals surface area contributed by atoms with E-state index in [-0.39, 0.29) is 0 Å². The Morgan fingerprint density at radius 2 is 1.84 bits per heavy atom. The minimum absolute atomic E-state index is 0.477. The number of benzene rings is 1. The molecule has 0 amide bonds. The van der Waals surface area contributed by atoms with Gasteiger partial charge in [0, 0.05) is 25.7 Å². The van der Waals surface area contributed by atoms with Crippen molar-refractivity contribution in [2.24, 2.45) is 0 Å². The summed E-state index contributed by atoms with van der Waals surface area (Å²) in [7, 11) is -3.30. The van der Waals surface area contributed by atoms with Gasteiger partial charge in [0.1, 0.15) is 0 Å². The van der Waals surface area contributed by atoms with E-state index in [1.165, 1.54) is 12.8 Å². The molecule has 1 aliphatic carbocycles. The molecule has 104 valence electrons.